The van der Waals surface area contributed by atoms with Crippen LogP contribution in [0.2, 0.25) is 0 Å². The van der Waals surface area contributed by atoms with Crippen molar-refractivity contribution in [2.24, 2.45) is 0 Å². The number of aromatic nitrogens is 1. The van der Waals surface area contributed by atoms with Crippen molar-refractivity contribution in [1.82, 2.24) is 10.3 Å². The Hall–Kier alpha value is -1.42. The molecule has 0 aromatic carbocycles. The number of nitrogens with zero attached hydrogens (tertiary/aromatic N) is 1. The summed E-state index contributed by atoms with van der Waals surface area (Å²) < 4.78 is 0. The van der Waals surface area contributed by atoms with Crippen LogP contribution in [0.3, 0.4) is 0 Å². The van der Waals surface area contributed by atoms with Gasteiger partial charge >= 0.3 is 5.97 Å². The first-order valence-electron chi connectivity index (χ1n) is 5.10. The molecule has 1 aromatic rings. The highest BCUT2D eigenvalue weighted by molar-refractivity contribution is 5.79. The Morgan fingerprint density at radius 2 is 2.53 bits per heavy atom. The van der Waals surface area contributed by atoms with Gasteiger partial charge in [0.2, 0.25) is 0 Å². The molecule has 1 aromatic heterocycles. The topological polar surface area (TPSA) is 62.2 Å². The van der Waals surface area contributed by atoms with Gasteiger partial charge in [0.15, 0.2) is 0 Å². The summed E-state index contributed by atoms with van der Waals surface area (Å²) in [5.74, 6) is -0.760. The maximum Gasteiger partial charge on any atom is 0.324 e. The summed E-state index contributed by atoms with van der Waals surface area (Å²) in [6, 6.07) is 3.75. The summed E-state index contributed by atoms with van der Waals surface area (Å²) in [4.78, 5) is 15.2. The van der Waals surface area contributed by atoms with E-state index in [9.17, 15) is 9.90 Å². The van der Waals surface area contributed by atoms with Gasteiger partial charge in [-0.05, 0) is 31.0 Å². The third-order valence-corrected chi connectivity index (χ3v) is 2.88. The second-order valence-electron chi connectivity index (χ2n) is 3.96. The number of hydrogen-bond acceptors (Lipinski definition) is 3. The number of carboxylic acids is 1. The first kappa shape index (κ1) is 10.1. The number of hydrogen-bond donors (Lipinski definition) is 2. The van der Waals surface area contributed by atoms with Crippen LogP contribution in [0.5, 0.6) is 0 Å². The Balaban J connectivity index is 2.18. The average molecular weight is 206 g/mol. The Labute approximate surface area is 88.3 Å². The molecule has 4 heteroatoms. The van der Waals surface area contributed by atoms with Crippen LogP contribution in [0.25, 0.3) is 0 Å². The van der Waals surface area contributed by atoms with E-state index in [0.717, 1.165) is 18.5 Å². The van der Waals surface area contributed by atoms with Crippen LogP contribution in [-0.4, -0.2) is 28.1 Å². The minimum atomic E-state index is -0.775. The zero-order chi connectivity index (χ0) is 10.7. The summed E-state index contributed by atoms with van der Waals surface area (Å²) in [5, 5.41) is 12.3. The van der Waals surface area contributed by atoms with Crippen LogP contribution in [0.1, 0.15) is 18.4 Å². The number of aliphatic carboxylic acids is 1. The van der Waals surface area contributed by atoms with Crippen molar-refractivity contribution < 1.29 is 9.90 Å². The Morgan fingerprint density at radius 3 is 3.07 bits per heavy atom. The third kappa shape index (κ3) is 1.99. The highest BCUT2D eigenvalue weighted by Crippen LogP contribution is 2.24. The molecule has 4 nitrogen and oxygen atoms in total. The summed E-state index contributed by atoms with van der Waals surface area (Å²) in [5.41, 5.74) is 0.192. The van der Waals surface area contributed by atoms with E-state index in [1.807, 2.05) is 12.1 Å². The standard InChI is InChI=1S/C11H14N2O2/c14-10(15)11(4-2-6-13-11)7-9-3-1-5-12-8-9/h1,3,5,8,13H,2,4,6-7H2,(H,14,15)/t11-/m1/s1. The van der Waals surface area contributed by atoms with Crippen molar-refractivity contribution >= 4 is 5.97 Å². The normalized spacial score (nSPS) is 25.3. The van der Waals surface area contributed by atoms with Crippen LogP contribution in [0.4, 0.5) is 0 Å². The molecule has 0 spiro atoms. The van der Waals surface area contributed by atoms with E-state index < -0.39 is 11.5 Å². The van der Waals surface area contributed by atoms with Crippen LogP contribution in [0, 0.1) is 0 Å². The molecule has 0 saturated carbocycles. The molecule has 1 aliphatic heterocycles. The molecule has 1 saturated heterocycles. The van der Waals surface area contributed by atoms with E-state index in [2.05, 4.69) is 10.3 Å². The number of nitrogens with one attached hydrogen (secondary N) is 1. The molecule has 0 amide bonds. The summed E-state index contributed by atoms with van der Waals surface area (Å²) >= 11 is 0. The monoisotopic (exact) mass is 206 g/mol. The maximum atomic E-state index is 11.2. The predicted molar refractivity (Wildman–Crippen MR) is 55.5 cm³/mol. The lowest BCUT2D eigenvalue weighted by molar-refractivity contribution is -0.144. The highest BCUT2D eigenvalue weighted by atomic mass is 16.4. The van der Waals surface area contributed by atoms with Gasteiger partial charge in [0.05, 0.1) is 0 Å². The number of rotatable bonds is 3. The number of pyridine rings is 1. The molecular weight excluding hydrogens is 192 g/mol. The fourth-order valence-corrected chi connectivity index (χ4v) is 2.07. The van der Waals surface area contributed by atoms with E-state index in [1.54, 1.807) is 12.4 Å². The molecule has 15 heavy (non-hydrogen) atoms. The van der Waals surface area contributed by atoms with E-state index in [4.69, 9.17) is 0 Å². The summed E-state index contributed by atoms with van der Waals surface area (Å²) in [7, 11) is 0. The van der Waals surface area contributed by atoms with Crippen molar-refractivity contribution in [3.63, 3.8) is 0 Å². The second-order valence-corrected chi connectivity index (χ2v) is 3.96. The molecule has 0 unspecified atom stereocenters. The maximum absolute atomic E-state index is 11.2. The average Bonchev–Trinajstić information content (AvgIpc) is 2.69. The molecule has 1 atom stereocenters. The zero-order valence-corrected chi connectivity index (χ0v) is 8.44. The fraction of sp³-hybridized carbons (Fsp3) is 0.455. The highest BCUT2D eigenvalue weighted by Gasteiger charge is 2.40. The van der Waals surface area contributed by atoms with Crippen molar-refractivity contribution in [3.8, 4) is 0 Å². The van der Waals surface area contributed by atoms with Gasteiger partial charge in [-0.25, -0.2) is 0 Å². The second kappa shape index (κ2) is 3.98. The smallest absolute Gasteiger partial charge is 0.324 e. The summed E-state index contributed by atoms with van der Waals surface area (Å²) in [6.45, 7) is 0.784. The third-order valence-electron chi connectivity index (χ3n) is 2.88. The Morgan fingerprint density at radius 1 is 1.67 bits per heavy atom. The van der Waals surface area contributed by atoms with E-state index in [1.165, 1.54) is 0 Å². The minimum Gasteiger partial charge on any atom is -0.480 e. The van der Waals surface area contributed by atoms with Crippen molar-refractivity contribution in [1.29, 1.82) is 0 Å². The molecule has 2 rings (SSSR count). The minimum absolute atomic E-state index is 0.510. The van der Waals surface area contributed by atoms with Crippen molar-refractivity contribution in [2.75, 3.05) is 6.54 Å². The molecular formula is C11H14N2O2. The lowest BCUT2D eigenvalue weighted by atomic mass is 9.90. The van der Waals surface area contributed by atoms with Gasteiger partial charge in [-0.15, -0.1) is 0 Å². The molecule has 1 fully saturated rings. The quantitative estimate of drug-likeness (QED) is 0.769. The SMILES string of the molecule is O=C(O)[C@]1(Cc2cccnc2)CCCN1. The molecule has 2 N–H and O–H groups in total. The van der Waals surface area contributed by atoms with E-state index in [-0.39, 0.29) is 0 Å². The van der Waals surface area contributed by atoms with Gasteiger partial charge in [0, 0.05) is 18.8 Å². The van der Waals surface area contributed by atoms with Crippen molar-refractivity contribution in [2.45, 2.75) is 24.8 Å². The number of carbonyl (C=O) groups is 1. The lowest BCUT2D eigenvalue weighted by Crippen LogP contribution is -2.49. The number of carboxylic acid groups (broad SMARTS) is 1. The van der Waals surface area contributed by atoms with Crippen LogP contribution < -0.4 is 5.32 Å². The molecule has 1 aliphatic rings. The van der Waals surface area contributed by atoms with Crippen LogP contribution >= 0.6 is 0 Å². The Kier molecular flexibility index (Phi) is 2.68. The van der Waals surface area contributed by atoms with Crippen LogP contribution in [0.15, 0.2) is 24.5 Å². The van der Waals surface area contributed by atoms with Gasteiger partial charge in [-0.3, -0.25) is 9.78 Å². The van der Waals surface area contributed by atoms with Gasteiger partial charge in [0.1, 0.15) is 5.54 Å². The predicted octanol–water partition coefficient (Wildman–Crippen LogP) is 0.831. The van der Waals surface area contributed by atoms with Gasteiger partial charge in [-0.2, -0.15) is 0 Å². The molecule has 0 aliphatic carbocycles. The van der Waals surface area contributed by atoms with Gasteiger partial charge in [0.25, 0.3) is 0 Å². The molecule has 80 valence electrons. The largest absolute Gasteiger partial charge is 0.480 e. The Bertz CT molecular complexity index is 345. The van der Waals surface area contributed by atoms with Crippen molar-refractivity contribution in [3.05, 3.63) is 30.1 Å². The van der Waals surface area contributed by atoms with E-state index >= 15 is 0 Å². The lowest BCUT2D eigenvalue weighted by Gasteiger charge is -2.24. The molecule has 0 bridgehead atoms. The summed E-state index contributed by atoms with van der Waals surface area (Å²) in [6.07, 6.45) is 5.55. The van der Waals surface area contributed by atoms with Gasteiger partial charge in [-0.1, -0.05) is 6.07 Å². The molecule has 0 radical (unpaired) electrons. The van der Waals surface area contributed by atoms with E-state index in [0.29, 0.717) is 12.8 Å². The first-order chi connectivity index (χ1) is 7.23. The molecule has 2 heterocycles. The van der Waals surface area contributed by atoms with Gasteiger partial charge < -0.3 is 10.4 Å². The fourth-order valence-electron chi connectivity index (χ4n) is 2.07. The van der Waals surface area contributed by atoms with Crippen LogP contribution in [-0.2, 0) is 11.2 Å². The zero-order valence-electron chi connectivity index (χ0n) is 8.44. The first-order valence-corrected chi connectivity index (χ1v) is 5.10.